The van der Waals surface area contributed by atoms with E-state index in [4.69, 9.17) is 0 Å². The monoisotopic (exact) mass is 318 g/mol. The molecule has 0 saturated carbocycles. The number of hydrogen-bond donors (Lipinski definition) is 1. The SMILES string of the molecule is CCCCN(CCCC)Cc1c(C)[nH]c2ccc(F)cc2c1=O. The maximum absolute atomic E-state index is 13.5. The molecule has 126 valence electrons. The molecule has 0 spiro atoms. The Balaban J connectivity index is 2.34. The van der Waals surface area contributed by atoms with Gasteiger partial charge in [-0.3, -0.25) is 9.69 Å². The molecular formula is C19H27FN2O. The number of halogens is 1. The van der Waals surface area contributed by atoms with Crippen molar-refractivity contribution in [1.29, 1.82) is 0 Å². The van der Waals surface area contributed by atoms with Gasteiger partial charge in [-0.2, -0.15) is 0 Å². The smallest absolute Gasteiger partial charge is 0.194 e. The number of pyridine rings is 1. The summed E-state index contributed by atoms with van der Waals surface area (Å²) >= 11 is 0. The lowest BCUT2D eigenvalue weighted by molar-refractivity contribution is 0.256. The van der Waals surface area contributed by atoms with E-state index in [0.29, 0.717) is 17.4 Å². The van der Waals surface area contributed by atoms with Crippen LogP contribution in [0.3, 0.4) is 0 Å². The Morgan fingerprint density at radius 3 is 2.39 bits per heavy atom. The molecule has 2 rings (SSSR count). The Kier molecular flexibility index (Phi) is 6.34. The lowest BCUT2D eigenvalue weighted by atomic mass is 10.1. The summed E-state index contributed by atoms with van der Waals surface area (Å²) in [5.74, 6) is -0.369. The van der Waals surface area contributed by atoms with Crippen LogP contribution in [0.25, 0.3) is 10.9 Å². The predicted molar refractivity (Wildman–Crippen MR) is 94.4 cm³/mol. The summed E-state index contributed by atoms with van der Waals surface area (Å²) in [6.07, 6.45) is 4.54. The highest BCUT2D eigenvalue weighted by molar-refractivity contribution is 5.79. The fourth-order valence-electron chi connectivity index (χ4n) is 2.87. The summed E-state index contributed by atoms with van der Waals surface area (Å²) in [4.78, 5) is 18.4. The molecule has 0 radical (unpaired) electrons. The third kappa shape index (κ3) is 4.41. The van der Waals surface area contributed by atoms with E-state index in [1.54, 1.807) is 6.07 Å². The second-order valence-electron chi connectivity index (χ2n) is 6.23. The van der Waals surface area contributed by atoms with Crippen molar-refractivity contribution >= 4 is 10.9 Å². The molecule has 23 heavy (non-hydrogen) atoms. The normalized spacial score (nSPS) is 11.5. The van der Waals surface area contributed by atoms with Gasteiger partial charge in [0.1, 0.15) is 5.82 Å². The van der Waals surface area contributed by atoms with Gasteiger partial charge in [0.25, 0.3) is 0 Å². The first-order valence-electron chi connectivity index (χ1n) is 8.60. The summed E-state index contributed by atoms with van der Waals surface area (Å²) < 4.78 is 13.5. The minimum absolute atomic E-state index is 0.0475. The first-order valence-corrected chi connectivity index (χ1v) is 8.60. The van der Waals surface area contributed by atoms with Crippen molar-refractivity contribution in [2.24, 2.45) is 0 Å². The molecule has 3 nitrogen and oxygen atoms in total. The lowest BCUT2D eigenvalue weighted by Gasteiger charge is -2.22. The quantitative estimate of drug-likeness (QED) is 0.784. The van der Waals surface area contributed by atoms with Crippen LogP contribution >= 0.6 is 0 Å². The van der Waals surface area contributed by atoms with Crippen LogP contribution in [0.4, 0.5) is 4.39 Å². The average Bonchev–Trinajstić information content (AvgIpc) is 2.54. The van der Waals surface area contributed by atoms with Crippen LogP contribution < -0.4 is 5.43 Å². The second-order valence-corrected chi connectivity index (χ2v) is 6.23. The van der Waals surface area contributed by atoms with E-state index >= 15 is 0 Å². The zero-order valence-corrected chi connectivity index (χ0v) is 14.4. The summed E-state index contributed by atoms with van der Waals surface area (Å²) in [7, 11) is 0. The largest absolute Gasteiger partial charge is 0.358 e. The lowest BCUT2D eigenvalue weighted by Crippen LogP contribution is -2.29. The number of aryl methyl sites for hydroxylation is 1. The van der Waals surface area contributed by atoms with Gasteiger partial charge in [0.05, 0.1) is 0 Å². The predicted octanol–water partition coefficient (Wildman–Crippen LogP) is 4.38. The Bertz CT molecular complexity index is 700. The van der Waals surface area contributed by atoms with Gasteiger partial charge in [0.15, 0.2) is 5.43 Å². The zero-order chi connectivity index (χ0) is 16.8. The van der Waals surface area contributed by atoms with Crippen LogP contribution in [0.2, 0.25) is 0 Å². The van der Waals surface area contributed by atoms with E-state index in [1.807, 2.05) is 6.92 Å². The van der Waals surface area contributed by atoms with E-state index < -0.39 is 0 Å². The van der Waals surface area contributed by atoms with Gasteiger partial charge in [0.2, 0.25) is 0 Å². The first-order chi connectivity index (χ1) is 11.1. The molecule has 1 aromatic carbocycles. The molecule has 0 aliphatic heterocycles. The van der Waals surface area contributed by atoms with E-state index in [-0.39, 0.29) is 11.2 Å². The number of nitrogens with one attached hydrogen (secondary N) is 1. The van der Waals surface area contributed by atoms with Crippen LogP contribution in [0.15, 0.2) is 23.0 Å². The van der Waals surface area contributed by atoms with Gasteiger partial charge < -0.3 is 4.98 Å². The molecule has 1 aromatic heterocycles. The minimum atomic E-state index is -0.369. The Morgan fingerprint density at radius 2 is 1.78 bits per heavy atom. The second kappa shape index (κ2) is 8.25. The van der Waals surface area contributed by atoms with Crippen molar-refractivity contribution in [3.8, 4) is 0 Å². The number of unbranched alkanes of at least 4 members (excludes halogenated alkanes) is 2. The minimum Gasteiger partial charge on any atom is -0.358 e. The zero-order valence-electron chi connectivity index (χ0n) is 14.4. The van der Waals surface area contributed by atoms with E-state index in [9.17, 15) is 9.18 Å². The van der Waals surface area contributed by atoms with Crippen LogP contribution in [0.1, 0.15) is 50.8 Å². The molecule has 0 bridgehead atoms. The third-order valence-corrected chi connectivity index (χ3v) is 4.31. The molecule has 0 fully saturated rings. The highest BCUT2D eigenvalue weighted by atomic mass is 19.1. The van der Waals surface area contributed by atoms with Crippen LogP contribution in [0, 0.1) is 12.7 Å². The molecule has 2 aromatic rings. The number of aromatic nitrogens is 1. The molecule has 0 saturated heterocycles. The molecule has 1 N–H and O–H groups in total. The van der Waals surface area contributed by atoms with Crippen molar-refractivity contribution < 1.29 is 4.39 Å². The van der Waals surface area contributed by atoms with Crippen molar-refractivity contribution in [1.82, 2.24) is 9.88 Å². The van der Waals surface area contributed by atoms with Gasteiger partial charge >= 0.3 is 0 Å². The van der Waals surface area contributed by atoms with Crippen LogP contribution in [0.5, 0.6) is 0 Å². The summed E-state index contributed by atoms with van der Waals surface area (Å²) in [6, 6.07) is 4.35. The van der Waals surface area contributed by atoms with Crippen molar-refractivity contribution in [3.63, 3.8) is 0 Å². The number of nitrogens with zero attached hydrogens (tertiary/aromatic N) is 1. The van der Waals surface area contributed by atoms with E-state index in [2.05, 4.69) is 23.7 Å². The summed E-state index contributed by atoms with van der Waals surface area (Å²) in [5, 5.41) is 0.441. The molecule has 0 amide bonds. The number of H-pyrrole nitrogens is 1. The van der Waals surface area contributed by atoms with Gasteiger partial charge in [-0.05, 0) is 51.1 Å². The van der Waals surface area contributed by atoms with Crippen LogP contribution in [-0.2, 0) is 6.54 Å². The number of aromatic amines is 1. The van der Waals surface area contributed by atoms with Crippen molar-refractivity contribution in [2.75, 3.05) is 13.1 Å². The molecule has 0 unspecified atom stereocenters. The fourth-order valence-corrected chi connectivity index (χ4v) is 2.87. The average molecular weight is 318 g/mol. The van der Waals surface area contributed by atoms with Crippen molar-refractivity contribution in [2.45, 2.75) is 53.0 Å². The standard InChI is InChI=1S/C19H27FN2O/c1-4-6-10-22(11-7-5-2)13-17-14(3)21-18-9-8-15(20)12-16(18)19(17)23/h8-9,12H,4-7,10-11,13H2,1-3H3,(H,21,23). The maximum Gasteiger partial charge on any atom is 0.194 e. The first kappa shape index (κ1) is 17.7. The van der Waals surface area contributed by atoms with Gasteiger partial charge in [0, 0.05) is 28.7 Å². The molecule has 0 aliphatic rings. The molecular weight excluding hydrogens is 291 g/mol. The van der Waals surface area contributed by atoms with Gasteiger partial charge in [-0.1, -0.05) is 26.7 Å². The van der Waals surface area contributed by atoms with Gasteiger partial charge in [-0.25, -0.2) is 4.39 Å². The maximum atomic E-state index is 13.5. The summed E-state index contributed by atoms with van der Waals surface area (Å²) in [6.45, 7) is 8.90. The van der Waals surface area contributed by atoms with Gasteiger partial charge in [-0.15, -0.1) is 0 Å². The van der Waals surface area contributed by atoms with Crippen LogP contribution in [-0.4, -0.2) is 23.0 Å². The number of benzene rings is 1. The number of hydrogen-bond acceptors (Lipinski definition) is 2. The van der Waals surface area contributed by atoms with E-state index in [0.717, 1.165) is 50.0 Å². The Labute approximate surface area is 137 Å². The molecule has 4 heteroatoms. The Hall–Kier alpha value is -1.68. The number of rotatable bonds is 8. The molecule has 1 heterocycles. The molecule has 0 aliphatic carbocycles. The highest BCUT2D eigenvalue weighted by Crippen LogP contribution is 2.15. The van der Waals surface area contributed by atoms with Crippen molar-refractivity contribution in [3.05, 3.63) is 45.5 Å². The fraction of sp³-hybridized carbons (Fsp3) is 0.526. The third-order valence-electron chi connectivity index (χ3n) is 4.31. The summed E-state index contributed by atoms with van der Waals surface area (Å²) in [5.41, 5.74) is 2.29. The topological polar surface area (TPSA) is 36.1 Å². The highest BCUT2D eigenvalue weighted by Gasteiger charge is 2.14. The van der Waals surface area contributed by atoms with E-state index in [1.165, 1.54) is 12.1 Å². The Morgan fingerprint density at radius 1 is 1.13 bits per heavy atom. The molecule has 0 atom stereocenters. The number of fused-ring (bicyclic) bond motifs is 1.